The van der Waals surface area contributed by atoms with Crippen LogP contribution in [0.1, 0.15) is 29.8 Å². The molecule has 28 heavy (non-hydrogen) atoms. The second kappa shape index (κ2) is 8.97. The molecule has 1 atom stereocenters. The Bertz CT molecular complexity index is 983. The van der Waals surface area contributed by atoms with Gasteiger partial charge in [0.05, 0.1) is 5.56 Å². The minimum atomic E-state index is -0.730. The summed E-state index contributed by atoms with van der Waals surface area (Å²) in [5.74, 6) is -1.58. The van der Waals surface area contributed by atoms with Crippen LogP contribution in [0.3, 0.4) is 0 Å². The van der Waals surface area contributed by atoms with Gasteiger partial charge >= 0.3 is 0 Å². The quantitative estimate of drug-likeness (QED) is 0.628. The zero-order valence-electron chi connectivity index (χ0n) is 15.9. The lowest BCUT2D eigenvalue weighted by atomic mass is 10.0. The van der Waals surface area contributed by atoms with E-state index in [0.29, 0.717) is 13.0 Å². The molecule has 3 aromatic rings. The van der Waals surface area contributed by atoms with E-state index < -0.39 is 17.8 Å². The van der Waals surface area contributed by atoms with Gasteiger partial charge in [-0.1, -0.05) is 44.2 Å². The van der Waals surface area contributed by atoms with E-state index in [0.717, 1.165) is 0 Å². The zero-order valence-corrected chi connectivity index (χ0v) is 16.7. The number of hydrogen-bond donors (Lipinski definition) is 2. The summed E-state index contributed by atoms with van der Waals surface area (Å²) in [5, 5.41) is 8.87. The van der Waals surface area contributed by atoms with Crippen LogP contribution in [0.2, 0.25) is 0 Å². The Morgan fingerprint density at radius 1 is 1.07 bits per heavy atom. The number of halogens is 1. The van der Waals surface area contributed by atoms with E-state index in [-0.39, 0.29) is 17.4 Å². The predicted molar refractivity (Wildman–Crippen MR) is 111 cm³/mol. The Balaban J connectivity index is 1.60. The third-order valence-corrected chi connectivity index (χ3v) is 5.62. The minimum absolute atomic E-state index is 0.0642. The number of carbonyl (C=O) groups excluding carboxylic acids is 2. The molecule has 2 N–H and O–H groups in total. The summed E-state index contributed by atoms with van der Waals surface area (Å²) < 4.78 is 15.0. The normalized spacial score (nSPS) is 12.1. The summed E-state index contributed by atoms with van der Waals surface area (Å²) in [7, 11) is 0. The van der Waals surface area contributed by atoms with Crippen molar-refractivity contribution < 1.29 is 14.0 Å². The maximum Gasteiger partial charge on any atom is 0.254 e. The van der Waals surface area contributed by atoms with Crippen LogP contribution in [-0.2, 0) is 11.2 Å². The van der Waals surface area contributed by atoms with Crippen LogP contribution in [0.15, 0.2) is 53.9 Å². The predicted octanol–water partition coefficient (Wildman–Crippen LogP) is 4.15. The average Bonchev–Trinajstić information content (AvgIpc) is 3.09. The number of hydrogen-bond acceptors (Lipinski definition) is 3. The molecule has 3 rings (SSSR count). The lowest BCUT2D eigenvalue weighted by Crippen LogP contribution is -2.50. The fourth-order valence-electron chi connectivity index (χ4n) is 3.06. The standard InChI is InChI=1S/C22H23FN2O2S/c1-14(2)20(25-21(26)17-8-3-5-9-18(17)23)22(27)24-12-11-15-13-28-19-10-6-4-7-16(15)19/h3-10,13-14,20H,11-12H2,1-2H3,(H,24,27)(H,25,26). The first kappa shape index (κ1) is 20.0. The molecular formula is C22H23FN2O2S. The largest absolute Gasteiger partial charge is 0.354 e. The second-order valence-electron chi connectivity index (χ2n) is 6.97. The molecule has 0 saturated heterocycles. The van der Waals surface area contributed by atoms with Crippen molar-refractivity contribution in [1.29, 1.82) is 0 Å². The van der Waals surface area contributed by atoms with Crippen molar-refractivity contribution >= 4 is 33.2 Å². The van der Waals surface area contributed by atoms with Crippen LogP contribution in [0, 0.1) is 11.7 Å². The van der Waals surface area contributed by atoms with E-state index in [9.17, 15) is 14.0 Å². The number of rotatable bonds is 7. The first-order chi connectivity index (χ1) is 13.5. The van der Waals surface area contributed by atoms with Crippen LogP contribution in [-0.4, -0.2) is 24.4 Å². The molecule has 0 aliphatic carbocycles. The Morgan fingerprint density at radius 2 is 1.79 bits per heavy atom. The van der Waals surface area contributed by atoms with Gasteiger partial charge in [-0.25, -0.2) is 4.39 Å². The number of carbonyl (C=O) groups is 2. The summed E-state index contributed by atoms with van der Waals surface area (Å²) in [6.45, 7) is 4.16. The van der Waals surface area contributed by atoms with Gasteiger partial charge < -0.3 is 10.6 Å². The van der Waals surface area contributed by atoms with Crippen LogP contribution in [0.25, 0.3) is 10.1 Å². The highest BCUT2D eigenvalue weighted by atomic mass is 32.1. The first-order valence-electron chi connectivity index (χ1n) is 9.25. The Hall–Kier alpha value is -2.73. The SMILES string of the molecule is CC(C)C(NC(=O)c1ccccc1F)C(=O)NCCc1csc2ccccc12. The van der Waals surface area contributed by atoms with Crippen molar-refractivity contribution in [3.05, 3.63) is 70.9 Å². The molecule has 1 heterocycles. The van der Waals surface area contributed by atoms with Gasteiger partial charge in [0.2, 0.25) is 5.91 Å². The van der Waals surface area contributed by atoms with E-state index in [1.165, 1.54) is 33.8 Å². The topological polar surface area (TPSA) is 58.2 Å². The first-order valence-corrected chi connectivity index (χ1v) is 10.1. The van der Waals surface area contributed by atoms with Gasteiger partial charge in [0.1, 0.15) is 11.9 Å². The van der Waals surface area contributed by atoms with Gasteiger partial charge in [0, 0.05) is 11.2 Å². The molecule has 0 saturated carbocycles. The summed E-state index contributed by atoms with van der Waals surface area (Å²) in [6, 6.07) is 13.2. The van der Waals surface area contributed by atoms with Crippen LogP contribution in [0.4, 0.5) is 4.39 Å². The van der Waals surface area contributed by atoms with Gasteiger partial charge in [0.15, 0.2) is 0 Å². The lowest BCUT2D eigenvalue weighted by Gasteiger charge is -2.22. The van der Waals surface area contributed by atoms with Crippen molar-refractivity contribution in [3.63, 3.8) is 0 Å². The third-order valence-electron chi connectivity index (χ3n) is 4.61. The number of nitrogens with one attached hydrogen (secondary N) is 2. The van der Waals surface area contributed by atoms with Crippen LogP contribution < -0.4 is 10.6 Å². The molecule has 0 spiro atoms. The molecule has 146 valence electrons. The van der Waals surface area contributed by atoms with Crippen molar-refractivity contribution in [2.45, 2.75) is 26.3 Å². The third kappa shape index (κ3) is 4.57. The number of benzene rings is 2. The van der Waals surface area contributed by atoms with Gasteiger partial charge in [-0.05, 0) is 46.9 Å². The van der Waals surface area contributed by atoms with E-state index in [1.807, 2.05) is 26.0 Å². The van der Waals surface area contributed by atoms with Gasteiger partial charge in [-0.2, -0.15) is 0 Å². The van der Waals surface area contributed by atoms with Crippen molar-refractivity contribution in [3.8, 4) is 0 Å². The second-order valence-corrected chi connectivity index (χ2v) is 7.88. The molecule has 0 radical (unpaired) electrons. The summed E-state index contributed by atoms with van der Waals surface area (Å²) >= 11 is 1.69. The maximum atomic E-state index is 13.8. The fourth-order valence-corrected chi connectivity index (χ4v) is 4.05. The van der Waals surface area contributed by atoms with E-state index >= 15 is 0 Å². The molecule has 0 fully saturated rings. The molecule has 0 aliphatic rings. The summed E-state index contributed by atoms with van der Waals surface area (Å²) in [5.41, 5.74) is 1.13. The van der Waals surface area contributed by atoms with Crippen LogP contribution >= 0.6 is 11.3 Å². The van der Waals surface area contributed by atoms with E-state index in [2.05, 4.69) is 28.1 Å². The maximum absolute atomic E-state index is 13.8. The van der Waals surface area contributed by atoms with Crippen molar-refractivity contribution in [1.82, 2.24) is 10.6 Å². The monoisotopic (exact) mass is 398 g/mol. The van der Waals surface area contributed by atoms with Crippen molar-refractivity contribution in [2.75, 3.05) is 6.54 Å². The van der Waals surface area contributed by atoms with Crippen LogP contribution in [0.5, 0.6) is 0 Å². The zero-order chi connectivity index (χ0) is 20.1. The Kier molecular flexibility index (Phi) is 6.41. The number of amides is 2. The molecule has 1 unspecified atom stereocenters. The Labute approximate surface area is 167 Å². The van der Waals surface area contributed by atoms with Gasteiger partial charge in [0.25, 0.3) is 5.91 Å². The van der Waals surface area contributed by atoms with Gasteiger partial charge in [-0.15, -0.1) is 11.3 Å². The molecule has 0 aliphatic heterocycles. The molecule has 4 nitrogen and oxygen atoms in total. The molecule has 2 amide bonds. The fraction of sp³-hybridized carbons (Fsp3) is 0.273. The lowest BCUT2D eigenvalue weighted by molar-refractivity contribution is -0.123. The highest BCUT2D eigenvalue weighted by Crippen LogP contribution is 2.25. The van der Waals surface area contributed by atoms with Gasteiger partial charge in [-0.3, -0.25) is 9.59 Å². The smallest absolute Gasteiger partial charge is 0.254 e. The highest BCUT2D eigenvalue weighted by Gasteiger charge is 2.25. The minimum Gasteiger partial charge on any atom is -0.354 e. The molecular weight excluding hydrogens is 375 g/mol. The molecule has 2 aromatic carbocycles. The summed E-state index contributed by atoms with van der Waals surface area (Å²) in [6.07, 6.45) is 0.710. The van der Waals surface area contributed by atoms with Crippen molar-refractivity contribution in [2.24, 2.45) is 5.92 Å². The highest BCUT2D eigenvalue weighted by molar-refractivity contribution is 7.17. The molecule has 6 heteroatoms. The Morgan fingerprint density at radius 3 is 2.54 bits per heavy atom. The summed E-state index contributed by atoms with van der Waals surface area (Å²) in [4.78, 5) is 25.0. The molecule has 0 bridgehead atoms. The number of fused-ring (bicyclic) bond motifs is 1. The number of thiophene rings is 1. The molecule has 1 aromatic heterocycles. The average molecular weight is 399 g/mol. The van der Waals surface area contributed by atoms with E-state index in [4.69, 9.17) is 0 Å². The van der Waals surface area contributed by atoms with E-state index in [1.54, 1.807) is 17.4 Å².